The van der Waals surface area contributed by atoms with Gasteiger partial charge in [-0.05, 0) is 58.1 Å². The van der Waals surface area contributed by atoms with Gasteiger partial charge in [-0.3, -0.25) is 4.90 Å². The number of rotatable bonds is 1. The number of ether oxygens (including phenoxy) is 1. The van der Waals surface area contributed by atoms with Gasteiger partial charge in [0.15, 0.2) is 0 Å². The molecule has 0 aliphatic carbocycles. The van der Waals surface area contributed by atoms with Crippen molar-refractivity contribution in [1.82, 2.24) is 4.90 Å². The van der Waals surface area contributed by atoms with E-state index < -0.39 is 5.60 Å². The quantitative estimate of drug-likeness (QED) is 0.675. The molecule has 1 amide bonds. The summed E-state index contributed by atoms with van der Waals surface area (Å²) in [5.41, 5.74) is 0.960. The van der Waals surface area contributed by atoms with Crippen molar-refractivity contribution >= 4 is 23.3 Å². The number of benzene rings is 1. The van der Waals surface area contributed by atoms with Crippen molar-refractivity contribution in [2.45, 2.75) is 64.1 Å². The summed E-state index contributed by atoms with van der Waals surface area (Å²) in [6.07, 6.45) is 5.22. The van der Waals surface area contributed by atoms with Crippen LogP contribution < -0.4 is 0 Å². The maximum Gasteiger partial charge on any atom is 0.411 e. The zero-order chi connectivity index (χ0) is 17.5. The first kappa shape index (κ1) is 17.3. The van der Waals surface area contributed by atoms with Crippen molar-refractivity contribution < 1.29 is 13.9 Å². The van der Waals surface area contributed by atoms with E-state index in [1.54, 1.807) is 18.2 Å². The highest BCUT2D eigenvalue weighted by Gasteiger charge is 2.39. The highest BCUT2D eigenvalue weighted by molar-refractivity contribution is 6.30. The lowest BCUT2D eigenvalue weighted by atomic mass is 9.83. The molecule has 1 fully saturated rings. The Morgan fingerprint density at radius 2 is 2.08 bits per heavy atom. The van der Waals surface area contributed by atoms with Crippen molar-refractivity contribution in [2.75, 3.05) is 0 Å². The van der Waals surface area contributed by atoms with Crippen LogP contribution in [-0.2, 0) is 4.74 Å². The van der Waals surface area contributed by atoms with Crippen LogP contribution in [0.25, 0.3) is 5.57 Å². The molecule has 24 heavy (non-hydrogen) atoms. The molecule has 2 heterocycles. The van der Waals surface area contributed by atoms with Crippen LogP contribution in [0.1, 0.15) is 52.0 Å². The van der Waals surface area contributed by atoms with Crippen molar-refractivity contribution in [3.05, 3.63) is 40.7 Å². The van der Waals surface area contributed by atoms with Gasteiger partial charge in [0.1, 0.15) is 11.4 Å². The number of halogens is 2. The van der Waals surface area contributed by atoms with Crippen LogP contribution >= 0.6 is 11.6 Å². The molecule has 2 aliphatic heterocycles. The van der Waals surface area contributed by atoms with Gasteiger partial charge in [0.2, 0.25) is 0 Å². The Balaban J connectivity index is 1.90. The molecule has 0 N–H and O–H groups in total. The third-order valence-electron chi connectivity index (χ3n) is 4.54. The average Bonchev–Trinajstić information content (AvgIpc) is 2.47. The Hall–Kier alpha value is -1.55. The average molecular weight is 352 g/mol. The molecule has 1 aromatic rings. The van der Waals surface area contributed by atoms with E-state index in [9.17, 15) is 9.18 Å². The second-order valence-corrected chi connectivity index (χ2v) is 7.94. The van der Waals surface area contributed by atoms with Crippen LogP contribution in [0.4, 0.5) is 9.18 Å². The second-order valence-electron chi connectivity index (χ2n) is 7.54. The Morgan fingerprint density at radius 3 is 2.75 bits per heavy atom. The molecule has 0 saturated carbocycles. The molecule has 5 heteroatoms. The lowest BCUT2D eigenvalue weighted by molar-refractivity contribution is 0.0000784. The summed E-state index contributed by atoms with van der Waals surface area (Å²) in [6, 6.07) is 5.08. The topological polar surface area (TPSA) is 29.5 Å². The lowest BCUT2D eigenvalue weighted by Gasteiger charge is -2.45. The second kappa shape index (κ2) is 6.40. The first-order valence-corrected chi connectivity index (χ1v) is 8.80. The summed E-state index contributed by atoms with van der Waals surface area (Å²) in [5, 5.41) is 0.133. The molecule has 2 atom stereocenters. The van der Waals surface area contributed by atoms with Gasteiger partial charge in [0, 0.05) is 11.6 Å². The van der Waals surface area contributed by atoms with Crippen molar-refractivity contribution in [1.29, 1.82) is 0 Å². The fourth-order valence-corrected chi connectivity index (χ4v) is 3.75. The molecule has 1 saturated heterocycles. The largest absolute Gasteiger partial charge is 0.444 e. The van der Waals surface area contributed by atoms with Gasteiger partial charge < -0.3 is 4.74 Å². The van der Waals surface area contributed by atoms with E-state index in [2.05, 4.69) is 0 Å². The number of fused-ring (bicyclic) bond motifs is 2. The Kier molecular flexibility index (Phi) is 4.60. The maximum absolute atomic E-state index is 14.4. The van der Waals surface area contributed by atoms with Gasteiger partial charge >= 0.3 is 6.09 Å². The molecule has 2 bridgehead atoms. The smallest absolute Gasteiger partial charge is 0.411 e. The maximum atomic E-state index is 14.4. The minimum Gasteiger partial charge on any atom is -0.444 e. The predicted molar refractivity (Wildman–Crippen MR) is 93.5 cm³/mol. The first-order valence-electron chi connectivity index (χ1n) is 8.42. The van der Waals surface area contributed by atoms with Crippen LogP contribution in [0.3, 0.4) is 0 Å². The molecule has 3 nitrogen and oxygen atoms in total. The van der Waals surface area contributed by atoms with Gasteiger partial charge in [0.25, 0.3) is 0 Å². The van der Waals surface area contributed by atoms with Crippen molar-refractivity contribution in [2.24, 2.45) is 0 Å². The van der Waals surface area contributed by atoms with E-state index in [0.29, 0.717) is 12.0 Å². The Labute approximate surface area is 147 Å². The molecule has 0 aromatic heterocycles. The molecule has 1 aromatic carbocycles. The molecule has 130 valence electrons. The summed E-state index contributed by atoms with van der Waals surface area (Å²) in [4.78, 5) is 14.4. The monoisotopic (exact) mass is 351 g/mol. The molecular weight excluding hydrogens is 329 g/mol. The fourth-order valence-electron chi connectivity index (χ4n) is 3.58. The first-order chi connectivity index (χ1) is 11.3. The summed E-state index contributed by atoms with van der Waals surface area (Å²) in [7, 11) is 0. The number of amides is 1. The highest BCUT2D eigenvalue weighted by Crippen LogP contribution is 2.39. The van der Waals surface area contributed by atoms with Gasteiger partial charge in [-0.15, -0.1) is 0 Å². The summed E-state index contributed by atoms with van der Waals surface area (Å²) < 4.78 is 19.9. The van der Waals surface area contributed by atoms with E-state index >= 15 is 0 Å². The number of hydrogen-bond donors (Lipinski definition) is 0. The lowest BCUT2D eigenvalue weighted by Crippen LogP contribution is -2.53. The summed E-state index contributed by atoms with van der Waals surface area (Å²) >= 11 is 5.92. The molecule has 2 unspecified atom stereocenters. The standard InChI is InChI=1S/C19H23ClFNO2/c1-19(2,3)24-18(23)22-13-6-4-7-14(22)11-12(10-13)15-8-5-9-16(20)17(15)21/h5,8-10,13-14H,4,6-7,11H2,1-3H3. The van der Waals surface area contributed by atoms with Crippen molar-refractivity contribution in [3.8, 4) is 0 Å². The molecule has 0 radical (unpaired) electrons. The van der Waals surface area contributed by atoms with Gasteiger partial charge in [-0.25, -0.2) is 9.18 Å². The molecule has 0 spiro atoms. The van der Waals surface area contributed by atoms with Crippen LogP contribution in [0, 0.1) is 5.82 Å². The molecule has 2 aliphatic rings. The number of nitrogens with zero attached hydrogens (tertiary/aromatic N) is 1. The van der Waals surface area contributed by atoms with Gasteiger partial charge in [-0.1, -0.05) is 29.8 Å². The normalized spacial score (nSPS) is 23.7. The number of carbonyl (C=O) groups is 1. The predicted octanol–water partition coefficient (Wildman–Crippen LogP) is 5.42. The van der Waals surface area contributed by atoms with Crippen molar-refractivity contribution in [3.63, 3.8) is 0 Å². The zero-order valence-corrected chi connectivity index (χ0v) is 15.1. The third-order valence-corrected chi connectivity index (χ3v) is 4.83. The molecular formula is C19H23ClFNO2. The number of piperidine rings is 1. The van der Waals surface area contributed by atoms with E-state index in [-0.39, 0.29) is 29.0 Å². The number of carbonyl (C=O) groups excluding carboxylic acids is 1. The SMILES string of the molecule is CC(C)(C)OC(=O)N1C2C=C(c3cccc(Cl)c3F)CC1CCC2. The van der Waals surface area contributed by atoms with E-state index in [0.717, 1.165) is 24.8 Å². The highest BCUT2D eigenvalue weighted by atomic mass is 35.5. The summed E-state index contributed by atoms with van der Waals surface area (Å²) in [5.74, 6) is -0.380. The summed E-state index contributed by atoms with van der Waals surface area (Å²) in [6.45, 7) is 5.60. The minimum absolute atomic E-state index is 0.0410. The van der Waals surface area contributed by atoms with E-state index in [1.165, 1.54) is 0 Å². The van der Waals surface area contributed by atoms with Gasteiger partial charge in [-0.2, -0.15) is 0 Å². The van der Waals surface area contributed by atoms with E-state index in [4.69, 9.17) is 16.3 Å². The van der Waals surface area contributed by atoms with Crippen LogP contribution in [-0.4, -0.2) is 28.7 Å². The van der Waals surface area contributed by atoms with Crippen LogP contribution in [0.5, 0.6) is 0 Å². The minimum atomic E-state index is -0.519. The Morgan fingerprint density at radius 1 is 1.33 bits per heavy atom. The van der Waals surface area contributed by atoms with Gasteiger partial charge in [0.05, 0.1) is 11.1 Å². The Bertz CT molecular complexity index is 680. The molecule has 3 rings (SSSR count). The van der Waals surface area contributed by atoms with Crippen LogP contribution in [0.2, 0.25) is 5.02 Å². The zero-order valence-electron chi connectivity index (χ0n) is 14.3. The third kappa shape index (κ3) is 3.44. The van der Waals surface area contributed by atoms with Crippen LogP contribution in [0.15, 0.2) is 24.3 Å². The fraction of sp³-hybridized carbons (Fsp3) is 0.526. The van der Waals surface area contributed by atoms with E-state index in [1.807, 2.05) is 31.7 Å². The number of hydrogen-bond acceptors (Lipinski definition) is 2.